The second kappa shape index (κ2) is 5.83. The second-order valence-corrected chi connectivity index (χ2v) is 4.80. The van der Waals surface area contributed by atoms with E-state index in [1.807, 2.05) is 0 Å². The van der Waals surface area contributed by atoms with Crippen molar-refractivity contribution in [3.8, 4) is 5.75 Å². The molecule has 0 aromatic heterocycles. The molecule has 0 saturated carbocycles. The molecule has 0 amide bonds. The Labute approximate surface area is 122 Å². The largest absolute Gasteiger partial charge is 0.508 e. The van der Waals surface area contributed by atoms with Crippen molar-refractivity contribution in [1.29, 1.82) is 0 Å². The lowest BCUT2D eigenvalue weighted by atomic mass is 9.91. The Morgan fingerprint density at radius 3 is 2.57 bits per heavy atom. The summed E-state index contributed by atoms with van der Waals surface area (Å²) in [6, 6.07) is 12.1. The third kappa shape index (κ3) is 3.13. The summed E-state index contributed by atoms with van der Waals surface area (Å²) in [5.74, 6) is -0.927. The van der Waals surface area contributed by atoms with Gasteiger partial charge in [0.25, 0.3) is 0 Å². The molecule has 0 spiro atoms. The summed E-state index contributed by atoms with van der Waals surface area (Å²) >= 11 is 0. The molecule has 0 bridgehead atoms. The van der Waals surface area contributed by atoms with E-state index in [4.69, 9.17) is 4.74 Å². The van der Waals surface area contributed by atoms with Crippen LogP contribution in [0, 0.1) is 5.82 Å². The number of nitrogens with one attached hydrogen (secondary N) is 1. The predicted octanol–water partition coefficient (Wildman–Crippen LogP) is 3.03. The number of esters is 1. The average Bonchev–Trinajstić information content (AvgIpc) is 2.46. The Kier molecular flexibility index (Phi) is 4.12. The molecule has 5 heteroatoms. The molecule has 1 unspecified atom stereocenters. The standard InChI is InChI=1S/C16H16FNO3/c1-16(15(20)21-2,11-5-3-8-14(19)9-11)18-13-7-4-6-12(17)10-13/h3-10,18-19H,1-2H3. The normalized spacial score (nSPS) is 13.3. The quantitative estimate of drug-likeness (QED) is 0.849. The minimum absolute atomic E-state index is 0.0312. The van der Waals surface area contributed by atoms with Crippen molar-refractivity contribution in [3.63, 3.8) is 0 Å². The van der Waals surface area contributed by atoms with E-state index in [0.29, 0.717) is 11.3 Å². The molecule has 2 N–H and O–H groups in total. The highest BCUT2D eigenvalue weighted by Crippen LogP contribution is 2.29. The van der Waals surface area contributed by atoms with Gasteiger partial charge in [-0.15, -0.1) is 0 Å². The SMILES string of the molecule is COC(=O)C(C)(Nc1cccc(F)c1)c1cccc(O)c1. The molecule has 110 valence electrons. The van der Waals surface area contributed by atoms with Crippen LogP contribution in [0.25, 0.3) is 0 Å². The van der Waals surface area contributed by atoms with Crippen molar-refractivity contribution in [2.24, 2.45) is 0 Å². The van der Waals surface area contributed by atoms with Crippen molar-refractivity contribution in [2.45, 2.75) is 12.5 Å². The second-order valence-electron chi connectivity index (χ2n) is 4.80. The van der Waals surface area contributed by atoms with E-state index in [1.54, 1.807) is 25.1 Å². The van der Waals surface area contributed by atoms with E-state index < -0.39 is 17.3 Å². The van der Waals surface area contributed by atoms with Gasteiger partial charge >= 0.3 is 5.97 Å². The molecule has 0 heterocycles. The van der Waals surface area contributed by atoms with Gasteiger partial charge in [0, 0.05) is 5.69 Å². The van der Waals surface area contributed by atoms with Gasteiger partial charge in [-0.05, 0) is 42.8 Å². The van der Waals surface area contributed by atoms with Crippen LogP contribution >= 0.6 is 0 Å². The molecule has 21 heavy (non-hydrogen) atoms. The zero-order valence-electron chi connectivity index (χ0n) is 11.8. The van der Waals surface area contributed by atoms with Gasteiger partial charge < -0.3 is 15.2 Å². The number of hydrogen-bond acceptors (Lipinski definition) is 4. The number of carbonyl (C=O) groups is 1. The molecule has 0 radical (unpaired) electrons. The summed E-state index contributed by atoms with van der Waals surface area (Å²) in [7, 11) is 1.27. The highest BCUT2D eigenvalue weighted by Gasteiger charge is 2.36. The summed E-state index contributed by atoms with van der Waals surface area (Å²) < 4.78 is 18.1. The first-order valence-electron chi connectivity index (χ1n) is 6.37. The maximum Gasteiger partial charge on any atom is 0.335 e. The van der Waals surface area contributed by atoms with E-state index in [1.165, 1.54) is 37.4 Å². The fourth-order valence-electron chi connectivity index (χ4n) is 2.12. The molecule has 2 aromatic rings. The predicted molar refractivity (Wildman–Crippen MR) is 77.5 cm³/mol. The van der Waals surface area contributed by atoms with Crippen LogP contribution in [-0.4, -0.2) is 18.2 Å². The molecule has 0 fully saturated rings. The third-order valence-electron chi connectivity index (χ3n) is 3.24. The van der Waals surface area contributed by atoms with Crippen LogP contribution in [-0.2, 0) is 15.1 Å². The van der Waals surface area contributed by atoms with Crippen LogP contribution in [0.3, 0.4) is 0 Å². The zero-order chi connectivity index (χ0) is 15.5. The van der Waals surface area contributed by atoms with Crippen LogP contribution in [0.4, 0.5) is 10.1 Å². The molecule has 0 saturated heterocycles. The third-order valence-corrected chi connectivity index (χ3v) is 3.24. The van der Waals surface area contributed by atoms with Gasteiger partial charge in [0.05, 0.1) is 7.11 Å². The first-order chi connectivity index (χ1) is 9.95. The smallest absolute Gasteiger partial charge is 0.335 e. The number of ether oxygens (including phenoxy) is 1. The fourth-order valence-corrected chi connectivity index (χ4v) is 2.12. The summed E-state index contributed by atoms with van der Waals surface area (Å²) in [6.45, 7) is 1.61. The fraction of sp³-hybridized carbons (Fsp3) is 0.188. The topological polar surface area (TPSA) is 58.6 Å². The number of halogens is 1. The van der Waals surface area contributed by atoms with Crippen molar-refractivity contribution < 1.29 is 19.0 Å². The number of rotatable bonds is 4. The highest BCUT2D eigenvalue weighted by molar-refractivity contribution is 5.85. The van der Waals surface area contributed by atoms with Crippen LogP contribution in [0.15, 0.2) is 48.5 Å². The van der Waals surface area contributed by atoms with Gasteiger partial charge in [0.2, 0.25) is 0 Å². The van der Waals surface area contributed by atoms with Gasteiger partial charge in [-0.3, -0.25) is 0 Å². The van der Waals surface area contributed by atoms with E-state index in [2.05, 4.69) is 5.32 Å². The molecule has 2 aromatic carbocycles. The monoisotopic (exact) mass is 289 g/mol. The van der Waals surface area contributed by atoms with Crippen LogP contribution < -0.4 is 5.32 Å². The van der Waals surface area contributed by atoms with Gasteiger partial charge in [0.1, 0.15) is 11.6 Å². The molecule has 0 aliphatic carbocycles. The number of aromatic hydroxyl groups is 1. The molecule has 2 rings (SSSR count). The molecular formula is C16H16FNO3. The lowest BCUT2D eigenvalue weighted by molar-refractivity contribution is -0.145. The maximum atomic E-state index is 13.3. The highest BCUT2D eigenvalue weighted by atomic mass is 19.1. The minimum atomic E-state index is -1.25. The van der Waals surface area contributed by atoms with E-state index in [9.17, 15) is 14.3 Å². The van der Waals surface area contributed by atoms with Crippen LogP contribution in [0.5, 0.6) is 5.75 Å². The first-order valence-corrected chi connectivity index (χ1v) is 6.37. The van der Waals surface area contributed by atoms with Gasteiger partial charge in [-0.2, -0.15) is 0 Å². The van der Waals surface area contributed by atoms with E-state index >= 15 is 0 Å². The lowest BCUT2D eigenvalue weighted by Crippen LogP contribution is -2.41. The van der Waals surface area contributed by atoms with Gasteiger partial charge in [-0.25, -0.2) is 9.18 Å². The number of benzene rings is 2. The number of phenolic OH excluding ortho intramolecular Hbond substituents is 1. The first kappa shape index (κ1) is 14.8. The van der Waals surface area contributed by atoms with Crippen molar-refractivity contribution in [3.05, 3.63) is 59.9 Å². The molecule has 1 atom stereocenters. The Morgan fingerprint density at radius 2 is 1.95 bits per heavy atom. The summed E-state index contributed by atoms with van der Waals surface area (Å²) in [5.41, 5.74) is -0.300. The number of anilines is 1. The van der Waals surface area contributed by atoms with Crippen molar-refractivity contribution in [2.75, 3.05) is 12.4 Å². The molecule has 0 aliphatic heterocycles. The van der Waals surface area contributed by atoms with Crippen LogP contribution in [0.1, 0.15) is 12.5 Å². The van der Waals surface area contributed by atoms with Gasteiger partial charge in [-0.1, -0.05) is 18.2 Å². The van der Waals surface area contributed by atoms with Gasteiger partial charge in [0.15, 0.2) is 5.54 Å². The summed E-state index contributed by atoms with van der Waals surface area (Å²) in [6.07, 6.45) is 0. The van der Waals surface area contributed by atoms with E-state index in [0.717, 1.165) is 0 Å². The number of hydrogen-bond donors (Lipinski definition) is 2. The molecular weight excluding hydrogens is 273 g/mol. The number of carbonyl (C=O) groups excluding carboxylic acids is 1. The number of phenols is 1. The Morgan fingerprint density at radius 1 is 1.24 bits per heavy atom. The lowest BCUT2D eigenvalue weighted by Gasteiger charge is -2.29. The molecule has 4 nitrogen and oxygen atoms in total. The van der Waals surface area contributed by atoms with Crippen LogP contribution in [0.2, 0.25) is 0 Å². The average molecular weight is 289 g/mol. The zero-order valence-corrected chi connectivity index (χ0v) is 11.8. The maximum absolute atomic E-state index is 13.3. The minimum Gasteiger partial charge on any atom is -0.508 e. The van der Waals surface area contributed by atoms with Crippen molar-refractivity contribution in [1.82, 2.24) is 0 Å². The summed E-state index contributed by atoms with van der Waals surface area (Å²) in [4.78, 5) is 12.2. The molecule has 0 aliphatic rings. The van der Waals surface area contributed by atoms with Crippen molar-refractivity contribution >= 4 is 11.7 Å². The Hall–Kier alpha value is -2.56. The Bertz CT molecular complexity index is 659. The Balaban J connectivity index is 2.45. The summed E-state index contributed by atoms with van der Waals surface area (Å²) in [5, 5.41) is 12.6. The number of methoxy groups -OCH3 is 1. The van der Waals surface area contributed by atoms with E-state index in [-0.39, 0.29) is 5.75 Å².